The number of aliphatic hydroxyl groups excluding tert-OH is 1. The number of ether oxygens (including phenoxy) is 1. The molecule has 1 saturated carbocycles. The molecule has 5 heteroatoms. The van der Waals surface area contributed by atoms with Crippen molar-refractivity contribution in [1.82, 2.24) is 0 Å². The number of benzene rings is 1. The molecule has 1 aromatic carbocycles. The van der Waals surface area contributed by atoms with Crippen LogP contribution in [-0.4, -0.2) is 29.3 Å². The molecule has 1 aliphatic rings. The van der Waals surface area contributed by atoms with Crippen LogP contribution in [0.2, 0.25) is 0 Å². The van der Waals surface area contributed by atoms with Gasteiger partial charge in [0.1, 0.15) is 11.9 Å². The third kappa shape index (κ3) is 3.95. The van der Waals surface area contributed by atoms with Gasteiger partial charge in [-0.2, -0.15) is 0 Å². The third-order valence-electron chi connectivity index (χ3n) is 3.49. The highest BCUT2D eigenvalue weighted by Crippen LogP contribution is 2.24. The molecule has 20 heavy (non-hydrogen) atoms. The molecule has 2 unspecified atom stereocenters. The van der Waals surface area contributed by atoms with E-state index in [-0.39, 0.29) is 18.1 Å². The first-order chi connectivity index (χ1) is 9.56. The van der Waals surface area contributed by atoms with Crippen LogP contribution in [0.15, 0.2) is 24.3 Å². The van der Waals surface area contributed by atoms with Crippen LogP contribution >= 0.6 is 0 Å². The SMILES string of the molecule is C[C@H](N)C(=O)Nc1ccc(OC2CCCCC2O)cc1. The molecule has 2 rings (SSSR count). The number of hydrogen-bond donors (Lipinski definition) is 3. The molecule has 1 aliphatic carbocycles. The van der Waals surface area contributed by atoms with E-state index >= 15 is 0 Å². The van der Waals surface area contributed by atoms with Crippen molar-refractivity contribution in [1.29, 1.82) is 0 Å². The average molecular weight is 278 g/mol. The number of nitrogens with two attached hydrogens (primary N) is 1. The molecule has 5 nitrogen and oxygen atoms in total. The second kappa shape index (κ2) is 6.72. The molecular weight excluding hydrogens is 256 g/mol. The van der Waals surface area contributed by atoms with E-state index < -0.39 is 6.04 Å². The van der Waals surface area contributed by atoms with E-state index in [4.69, 9.17) is 10.5 Å². The van der Waals surface area contributed by atoms with Gasteiger partial charge in [0.2, 0.25) is 5.91 Å². The van der Waals surface area contributed by atoms with Gasteiger partial charge in [-0.25, -0.2) is 0 Å². The first kappa shape index (κ1) is 14.8. The first-order valence-corrected chi connectivity index (χ1v) is 7.07. The van der Waals surface area contributed by atoms with Crippen molar-refractivity contribution in [2.24, 2.45) is 5.73 Å². The Labute approximate surface area is 119 Å². The fourth-order valence-corrected chi connectivity index (χ4v) is 2.26. The van der Waals surface area contributed by atoms with Crippen molar-refractivity contribution in [3.05, 3.63) is 24.3 Å². The van der Waals surface area contributed by atoms with E-state index in [2.05, 4.69) is 5.32 Å². The van der Waals surface area contributed by atoms with E-state index in [1.807, 2.05) is 0 Å². The van der Waals surface area contributed by atoms with Crippen LogP contribution in [-0.2, 0) is 4.79 Å². The van der Waals surface area contributed by atoms with E-state index in [1.54, 1.807) is 31.2 Å². The first-order valence-electron chi connectivity index (χ1n) is 7.07. The number of rotatable bonds is 4. The van der Waals surface area contributed by atoms with Crippen LogP contribution < -0.4 is 15.8 Å². The zero-order valence-corrected chi connectivity index (χ0v) is 11.7. The second-order valence-corrected chi connectivity index (χ2v) is 5.31. The molecular formula is C15H22N2O3. The number of nitrogens with one attached hydrogen (secondary N) is 1. The number of anilines is 1. The summed E-state index contributed by atoms with van der Waals surface area (Å²) in [6, 6.07) is 6.58. The summed E-state index contributed by atoms with van der Waals surface area (Å²) in [5.74, 6) is 0.483. The Bertz CT molecular complexity index is 445. The normalized spacial score (nSPS) is 23.9. The molecule has 0 saturated heterocycles. The predicted octanol–water partition coefficient (Wildman–Crippen LogP) is 1.65. The number of carbonyl (C=O) groups excluding carboxylic acids is 1. The lowest BCUT2D eigenvalue weighted by Gasteiger charge is -2.28. The standard InChI is InChI=1S/C15H22N2O3/c1-10(16)15(19)17-11-6-8-12(9-7-11)20-14-5-3-2-4-13(14)18/h6-10,13-14,18H,2-5,16H2,1H3,(H,17,19)/t10-,13?,14?/m0/s1. The summed E-state index contributed by atoms with van der Waals surface area (Å²) in [6.45, 7) is 1.64. The van der Waals surface area contributed by atoms with Gasteiger partial charge in [0, 0.05) is 5.69 Å². The molecule has 0 bridgehead atoms. The maximum absolute atomic E-state index is 11.5. The van der Waals surface area contributed by atoms with Gasteiger partial charge in [0.15, 0.2) is 0 Å². The summed E-state index contributed by atoms with van der Waals surface area (Å²) in [7, 11) is 0. The summed E-state index contributed by atoms with van der Waals surface area (Å²) in [6.07, 6.45) is 3.31. The lowest BCUT2D eigenvalue weighted by atomic mass is 9.95. The number of amides is 1. The molecule has 0 aliphatic heterocycles. The summed E-state index contributed by atoms with van der Waals surface area (Å²) >= 11 is 0. The van der Waals surface area contributed by atoms with Crippen molar-refractivity contribution < 1.29 is 14.6 Å². The molecule has 1 fully saturated rings. The molecule has 0 aromatic heterocycles. The topological polar surface area (TPSA) is 84.6 Å². The van der Waals surface area contributed by atoms with Crippen LogP contribution in [0.4, 0.5) is 5.69 Å². The lowest BCUT2D eigenvalue weighted by Crippen LogP contribution is -2.34. The highest BCUT2D eigenvalue weighted by Gasteiger charge is 2.24. The third-order valence-corrected chi connectivity index (χ3v) is 3.49. The zero-order valence-electron chi connectivity index (χ0n) is 11.7. The largest absolute Gasteiger partial charge is 0.488 e. The van der Waals surface area contributed by atoms with Gasteiger partial charge in [-0.1, -0.05) is 6.42 Å². The average Bonchev–Trinajstić information content (AvgIpc) is 2.43. The smallest absolute Gasteiger partial charge is 0.240 e. The van der Waals surface area contributed by atoms with E-state index in [9.17, 15) is 9.90 Å². The van der Waals surface area contributed by atoms with Crippen molar-refractivity contribution >= 4 is 11.6 Å². The van der Waals surface area contributed by atoms with Gasteiger partial charge in [-0.15, -0.1) is 0 Å². The van der Waals surface area contributed by atoms with Crippen molar-refractivity contribution in [2.75, 3.05) is 5.32 Å². The van der Waals surface area contributed by atoms with Gasteiger partial charge in [-0.05, 0) is 50.5 Å². The van der Waals surface area contributed by atoms with Crippen LogP contribution in [0.1, 0.15) is 32.6 Å². The van der Waals surface area contributed by atoms with Gasteiger partial charge in [0.25, 0.3) is 0 Å². The van der Waals surface area contributed by atoms with E-state index in [0.717, 1.165) is 25.7 Å². The Kier molecular flexibility index (Phi) is 4.98. The Morgan fingerprint density at radius 2 is 2.00 bits per heavy atom. The number of hydrogen-bond acceptors (Lipinski definition) is 4. The van der Waals surface area contributed by atoms with Crippen LogP contribution in [0.3, 0.4) is 0 Å². The Morgan fingerprint density at radius 3 is 2.60 bits per heavy atom. The minimum Gasteiger partial charge on any atom is -0.488 e. The minimum atomic E-state index is -0.539. The molecule has 3 atom stereocenters. The minimum absolute atomic E-state index is 0.131. The van der Waals surface area contributed by atoms with Gasteiger partial charge >= 0.3 is 0 Å². The monoisotopic (exact) mass is 278 g/mol. The van der Waals surface area contributed by atoms with Crippen molar-refractivity contribution in [2.45, 2.75) is 50.9 Å². The molecule has 110 valence electrons. The summed E-state index contributed by atoms with van der Waals surface area (Å²) in [5.41, 5.74) is 6.17. The molecule has 1 aromatic rings. The van der Waals surface area contributed by atoms with Crippen molar-refractivity contribution in [3.63, 3.8) is 0 Å². The second-order valence-electron chi connectivity index (χ2n) is 5.31. The lowest BCUT2D eigenvalue weighted by molar-refractivity contribution is -0.117. The summed E-state index contributed by atoms with van der Waals surface area (Å²) in [5, 5.41) is 12.6. The predicted molar refractivity (Wildman–Crippen MR) is 77.6 cm³/mol. The van der Waals surface area contributed by atoms with Crippen LogP contribution in [0.5, 0.6) is 5.75 Å². The fraction of sp³-hybridized carbons (Fsp3) is 0.533. The number of aliphatic hydroxyl groups is 1. The molecule has 1 amide bonds. The Hall–Kier alpha value is -1.59. The van der Waals surface area contributed by atoms with Crippen LogP contribution in [0.25, 0.3) is 0 Å². The quantitative estimate of drug-likeness (QED) is 0.782. The highest BCUT2D eigenvalue weighted by molar-refractivity contribution is 5.94. The Balaban J connectivity index is 1.92. The molecule has 4 N–H and O–H groups in total. The fourth-order valence-electron chi connectivity index (χ4n) is 2.26. The van der Waals surface area contributed by atoms with E-state index in [0.29, 0.717) is 11.4 Å². The molecule has 0 radical (unpaired) electrons. The Morgan fingerprint density at radius 1 is 1.35 bits per heavy atom. The van der Waals surface area contributed by atoms with E-state index in [1.165, 1.54) is 0 Å². The molecule has 0 heterocycles. The van der Waals surface area contributed by atoms with Gasteiger partial charge in [-0.3, -0.25) is 4.79 Å². The maximum Gasteiger partial charge on any atom is 0.240 e. The van der Waals surface area contributed by atoms with Crippen molar-refractivity contribution in [3.8, 4) is 5.75 Å². The van der Waals surface area contributed by atoms with Crippen LogP contribution in [0, 0.1) is 0 Å². The summed E-state index contributed by atoms with van der Waals surface area (Å²) < 4.78 is 5.79. The zero-order chi connectivity index (χ0) is 14.5. The number of carbonyl (C=O) groups is 1. The van der Waals surface area contributed by atoms with Gasteiger partial charge in [0.05, 0.1) is 12.1 Å². The molecule has 0 spiro atoms. The summed E-state index contributed by atoms with van der Waals surface area (Å²) in [4.78, 5) is 11.5. The highest BCUT2D eigenvalue weighted by atomic mass is 16.5. The maximum atomic E-state index is 11.5. The van der Waals surface area contributed by atoms with Gasteiger partial charge < -0.3 is 20.9 Å².